The van der Waals surface area contributed by atoms with Crippen molar-refractivity contribution in [3.63, 3.8) is 0 Å². The van der Waals surface area contributed by atoms with Gasteiger partial charge in [-0.2, -0.15) is 9.78 Å². The first-order chi connectivity index (χ1) is 8.33. The third-order valence-corrected chi connectivity index (χ3v) is 1.76. The van der Waals surface area contributed by atoms with Gasteiger partial charge in [-0.25, -0.2) is 9.78 Å². The molecular formula is C13H27NO5. The van der Waals surface area contributed by atoms with Crippen LogP contribution in [0.25, 0.3) is 0 Å². The Morgan fingerprint density at radius 2 is 1.21 bits per heavy atom. The molecular weight excluding hydrogens is 250 g/mol. The van der Waals surface area contributed by atoms with E-state index in [0.717, 1.165) is 0 Å². The summed E-state index contributed by atoms with van der Waals surface area (Å²) >= 11 is 0. The zero-order chi connectivity index (χ0) is 15.3. The summed E-state index contributed by atoms with van der Waals surface area (Å²) in [5, 5.41) is 0. The first-order valence-electron chi connectivity index (χ1n) is 6.35. The van der Waals surface area contributed by atoms with Gasteiger partial charge in [0, 0.05) is 12.8 Å². The smallest absolute Gasteiger partial charge is 0.231 e. The molecule has 0 aliphatic heterocycles. The van der Waals surface area contributed by atoms with Crippen LogP contribution in [0.2, 0.25) is 0 Å². The van der Waals surface area contributed by atoms with Gasteiger partial charge in [-0.1, -0.05) is 0 Å². The number of nitrogens with two attached hydrogens (primary N) is 1. The van der Waals surface area contributed by atoms with E-state index < -0.39 is 22.9 Å². The maximum Gasteiger partial charge on any atom is 0.231 e. The van der Waals surface area contributed by atoms with Gasteiger partial charge in [0.1, 0.15) is 0 Å². The highest BCUT2D eigenvalue weighted by atomic mass is 17.3. The molecule has 0 atom stereocenters. The predicted octanol–water partition coefficient (Wildman–Crippen LogP) is 2.46. The SMILES string of the molecule is CC(C)(C)OOC(C)(CCC(N)=O)OOC(C)(C)C. The summed E-state index contributed by atoms with van der Waals surface area (Å²) in [4.78, 5) is 31.9. The standard InChI is InChI=1S/C13H27NO5/c1-11(2,3)16-18-13(7,9-8-10(14)15)19-17-12(4,5)6/h8-9H2,1-7H3,(H2,14,15). The van der Waals surface area contributed by atoms with Crippen LogP contribution < -0.4 is 5.73 Å². The Bertz CT molecular complexity index is 272. The zero-order valence-corrected chi connectivity index (χ0v) is 13.0. The van der Waals surface area contributed by atoms with Crippen LogP contribution in [0.15, 0.2) is 0 Å². The predicted molar refractivity (Wildman–Crippen MR) is 70.7 cm³/mol. The molecule has 0 heterocycles. The quantitative estimate of drug-likeness (QED) is 0.439. The summed E-state index contributed by atoms with van der Waals surface area (Å²) in [5.74, 6) is -1.64. The van der Waals surface area contributed by atoms with E-state index in [1.165, 1.54) is 0 Å². The van der Waals surface area contributed by atoms with Gasteiger partial charge in [0.15, 0.2) is 0 Å². The molecule has 0 saturated heterocycles. The van der Waals surface area contributed by atoms with Crippen molar-refractivity contribution in [1.29, 1.82) is 0 Å². The van der Waals surface area contributed by atoms with Crippen molar-refractivity contribution in [2.45, 2.75) is 78.3 Å². The molecule has 0 rings (SSSR count). The molecule has 0 fully saturated rings. The van der Waals surface area contributed by atoms with Gasteiger partial charge in [0.05, 0.1) is 11.2 Å². The fourth-order valence-corrected chi connectivity index (χ4v) is 0.874. The second kappa shape index (κ2) is 6.65. The lowest BCUT2D eigenvalue weighted by Crippen LogP contribution is -2.39. The van der Waals surface area contributed by atoms with Crippen molar-refractivity contribution < 1.29 is 24.3 Å². The maximum atomic E-state index is 10.9. The van der Waals surface area contributed by atoms with E-state index in [2.05, 4.69) is 0 Å². The monoisotopic (exact) mass is 277 g/mol. The highest BCUT2D eigenvalue weighted by Crippen LogP contribution is 2.25. The van der Waals surface area contributed by atoms with E-state index in [0.29, 0.717) is 0 Å². The number of amides is 1. The maximum absolute atomic E-state index is 10.9. The third kappa shape index (κ3) is 10.9. The highest BCUT2D eigenvalue weighted by molar-refractivity contribution is 5.73. The Kier molecular flexibility index (Phi) is 6.41. The molecule has 0 aromatic rings. The Morgan fingerprint density at radius 1 is 0.842 bits per heavy atom. The van der Waals surface area contributed by atoms with Crippen molar-refractivity contribution in [2.75, 3.05) is 0 Å². The third-order valence-electron chi connectivity index (χ3n) is 1.76. The first-order valence-corrected chi connectivity index (χ1v) is 6.35. The van der Waals surface area contributed by atoms with E-state index in [1.54, 1.807) is 6.92 Å². The largest absolute Gasteiger partial charge is 0.370 e. The van der Waals surface area contributed by atoms with Gasteiger partial charge in [-0.3, -0.25) is 4.79 Å². The lowest BCUT2D eigenvalue weighted by Gasteiger charge is -2.32. The normalized spacial score (nSPS) is 13.6. The zero-order valence-electron chi connectivity index (χ0n) is 13.0. The van der Waals surface area contributed by atoms with E-state index in [1.807, 2.05) is 41.5 Å². The lowest BCUT2D eigenvalue weighted by atomic mass is 10.1. The van der Waals surface area contributed by atoms with Gasteiger partial charge in [-0.15, -0.1) is 0 Å². The minimum absolute atomic E-state index is 0.109. The van der Waals surface area contributed by atoms with Crippen LogP contribution >= 0.6 is 0 Å². The second-order valence-corrected chi connectivity index (χ2v) is 6.66. The summed E-state index contributed by atoms with van der Waals surface area (Å²) in [6, 6.07) is 0. The number of hydrogen-bond donors (Lipinski definition) is 1. The molecule has 19 heavy (non-hydrogen) atoms. The lowest BCUT2D eigenvalue weighted by molar-refractivity contribution is -0.537. The minimum Gasteiger partial charge on any atom is -0.370 e. The summed E-state index contributed by atoms with van der Waals surface area (Å²) in [6.45, 7) is 12.7. The van der Waals surface area contributed by atoms with Crippen LogP contribution in [0.1, 0.15) is 61.3 Å². The molecule has 0 bridgehead atoms. The summed E-state index contributed by atoms with van der Waals surface area (Å²) < 4.78 is 0. The van der Waals surface area contributed by atoms with Gasteiger partial charge in [0.25, 0.3) is 0 Å². The molecule has 0 radical (unpaired) electrons. The number of hydrogen-bond acceptors (Lipinski definition) is 5. The molecule has 0 unspecified atom stereocenters. The van der Waals surface area contributed by atoms with E-state index in [4.69, 9.17) is 25.3 Å². The van der Waals surface area contributed by atoms with Crippen LogP contribution in [-0.2, 0) is 24.3 Å². The number of primary amides is 1. The first kappa shape index (κ1) is 18.3. The Morgan fingerprint density at radius 3 is 1.47 bits per heavy atom. The van der Waals surface area contributed by atoms with Gasteiger partial charge in [-0.05, 0) is 48.5 Å². The minimum atomic E-state index is -1.20. The van der Waals surface area contributed by atoms with Crippen LogP contribution in [0.4, 0.5) is 0 Å². The Hall–Kier alpha value is -0.690. The number of rotatable bonds is 7. The van der Waals surface area contributed by atoms with Crippen LogP contribution in [0.5, 0.6) is 0 Å². The molecule has 0 spiro atoms. The van der Waals surface area contributed by atoms with Gasteiger partial charge < -0.3 is 5.73 Å². The fourth-order valence-electron chi connectivity index (χ4n) is 0.874. The molecule has 0 saturated carbocycles. The van der Waals surface area contributed by atoms with Crippen LogP contribution in [-0.4, -0.2) is 22.9 Å². The van der Waals surface area contributed by atoms with Crippen LogP contribution in [0, 0.1) is 0 Å². The van der Waals surface area contributed by atoms with E-state index >= 15 is 0 Å². The number of carbonyl (C=O) groups is 1. The van der Waals surface area contributed by atoms with Crippen molar-refractivity contribution >= 4 is 5.91 Å². The topological polar surface area (TPSA) is 80.0 Å². The second-order valence-electron chi connectivity index (χ2n) is 6.66. The van der Waals surface area contributed by atoms with Gasteiger partial charge in [0.2, 0.25) is 11.7 Å². The molecule has 6 heteroatoms. The summed E-state index contributed by atoms with van der Waals surface area (Å²) in [7, 11) is 0. The molecule has 6 nitrogen and oxygen atoms in total. The summed E-state index contributed by atoms with van der Waals surface area (Å²) in [6.07, 6.45) is 0.339. The Balaban J connectivity index is 4.56. The van der Waals surface area contributed by atoms with Crippen molar-refractivity contribution in [2.24, 2.45) is 5.73 Å². The average Bonchev–Trinajstić information content (AvgIpc) is 2.19. The van der Waals surface area contributed by atoms with Crippen molar-refractivity contribution in [3.8, 4) is 0 Å². The molecule has 2 N–H and O–H groups in total. The molecule has 1 amide bonds. The van der Waals surface area contributed by atoms with Gasteiger partial charge >= 0.3 is 0 Å². The van der Waals surface area contributed by atoms with E-state index in [9.17, 15) is 4.79 Å². The molecule has 0 aliphatic rings. The van der Waals surface area contributed by atoms with Crippen LogP contribution in [0.3, 0.4) is 0 Å². The highest BCUT2D eigenvalue weighted by Gasteiger charge is 2.33. The Labute approximate surface area is 115 Å². The summed E-state index contributed by atoms with van der Waals surface area (Å²) in [5.41, 5.74) is 4.13. The average molecular weight is 277 g/mol. The molecule has 0 aromatic heterocycles. The number of carbonyl (C=O) groups excluding carboxylic acids is 1. The molecule has 114 valence electrons. The van der Waals surface area contributed by atoms with Crippen molar-refractivity contribution in [1.82, 2.24) is 0 Å². The van der Waals surface area contributed by atoms with E-state index in [-0.39, 0.29) is 12.8 Å². The fraction of sp³-hybridized carbons (Fsp3) is 0.923. The van der Waals surface area contributed by atoms with Crippen molar-refractivity contribution in [3.05, 3.63) is 0 Å². The molecule has 0 aromatic carbocycles. The molecule has 0 aliphatic carbocycles.